The molecule has 0 unspecified atom stereocenters. The molecule has 0 saturated heterocycles. The van der Waals surface area contributed by atoms with Crippen LogP contribution in [0.3, 0.4) is 0 Å². The van der Waals surface area contributed by atoms with E-state index >= 15 is 0 Å². The molecular weight excluding hydrogens is 299 g/mol. The molecule has 4 nitrogen and oxygen atoms in total. The number of rotatable bonds is 4. The van der Waals surface area contributed by atoms with Crippen LogP contribution >= 0.6 is 23.2 Å². The molecule has 20 heavy (non-hydrogen) atoms. The van der Waals surface area contributed by atoms with Crippen molar-refractivity contribution in [3.8, 4) is 5.88 Å². The number of hydrogen-bond donors (Lipinski definition) is 2. The Morgan fingerprint density at radius 2 is 2.10 bits per heavy atom. The molecule has 0 fully saturated rings. The summed E-state index contributed by atoms with van der Waals surface area (Å²) in [5, 5.41) is 10.8. The summed E-state index contributed by atoms with van der Waals surface area (Å²) in [5.74, 6) is 0.160. The van der Waals surface area contributed by atoms with E-state index in [0.717, 1.165) is 12.0 Å². The predicted molar refractivity (Wildman–Crippen MR) is 79.8 cm³/mol. The Bertz CT molecular complexity index is 683. The lowest BCUT2D eigenvalue weighted by Gasteiger charge is -2.07. The molecule has 0 radical (unpaired) electrons. The fourth-order valence-corrected chi connectivity index (χ4v) is 2.41. The van der Waals surface area contributed by atoms with E-state index in [1.807, 2.05) is 6.92 Å². The van der Waals surface area contributed by atoms with Gasteiger partial charge in [0.25, 0.3) is 5.56 Å². The van der Waals surface area contributed by atoms with Crippen LogP contribution in [-0.2, 0) is 12.8 Å². The first-order chi connectivity index (χ1) is 9.51. The predicted octanol–water partition coefficient (Wildman–Crippen LogP) is 3.33. The van der Waals surface area contributed by atoms with Crippen LogP contribution < -0.4 is 5.56 Å². The number of aromatic nitrogens is 2. The lowest BCUT2D eigenvalue weighted by Crippen LogP contribution is -2.17. The standard InChI is InChI=1S/C14H14Cl2N2O2/c1-2-3-10-13(19)17-12(18-14(10)20)6-8-4-5-9(15)7-11(8)16/h4-5,7H,2-3,6H2,1H3,(H2,17,18,19,20). The monoisotopic (exact) mass is 312 g/mol. The second kappa shape index (κ2) is 6.29. The van der Waals surface area contributed by atoms with Crippen molar-refractivity contribution in [1.82, 2.24) is 9.97 Å². The Balaban J connectivity index is 2.33. The summed E-state index contributed by atoms with van der Waals surface area (Å²) in [5.41, 5.74) is 0.791. The van der Waals surface area contributed by atoms with Crippen LogP contribution in [0.5, 0.6) is 5.88 Å². The van der Waals surface area contributed by atoms with E-state index in [1.165, 1.54) is 0 Å². The maximum Gasteiger partial charge on any atom is 0.257 e. The highest BCUT2D eigenvalue weighted by atomic mass is 35.5. The van der Waals surface area contributed by atoms with Gasteiger partial charge in [-0.3, -0.25) is 4.79 Å². The number of hydrogen-bond acceptors (Lipinski definition) is 3. The van der Waals surface area contributed by atoms with Gasteiger partial charge in [-0.15, -0.1) is 0 Å². The van der Waals surface area contributed by atoms with Crippen LogP contribution in [0.4, 0.5) is 0 Å². The van der Waals surface area contributed by atoms with Gasteiger partial charge >= 0.3 is 0 Å². The molecule has 0 aliphatic rings. The van der Waals surface area contributed by atoms with E-state index in [-0.39, 0.29) is 11.4 Å². The zero-order valence-electron chi connectivity index (χ0n) is 10.9. The second-order valence-electron chi connectivity index (χ2n) is 4.48. The van der Waals surface area contributed by atoms with Gasteiger partial charge in [-0.1, -0.05) is 42.6 Å². The largest absolute Gasteiger partial charge is 0.493 e. The average Bonchev–Trinajstić information content (AvgIpc) is 2.37. The fraction of sp³-hybridized carbons (Fsp3) is 0.286. The maximum atomic E-state index is 11.9. The van der Waals surface area contributed by atoms with Crippen molar-refractivity contribution in [2.45, 2.75) is 26.2 Å². The lowest BCUT2D eigenvalue weighted by molar-refractivity contribution is 0.439. The van der Waals surface area contributed by atoms with Crippen LogP contribution in [0.1, 0.15) is 30.3 Å². The molecule has 1 heterocycles. The number of nitrogens with one attached hydrogen (secondary N) is 1. The van der Waals surface area contributed by atoms with Gasteiger partial charge in [0.2, 0.25) is 5.88 Å². The van der Waals surface area contributed by atoms with Crippen molar-refractivity contribution in [3.63, 3.8) is 0 Å². The molecule has 6 heteroatoms. The number of aromatic hydroxyl groups is 1. The van der Waals surface area contributed by atoms with E-state index < -0.39 is 0 Å². The topological polar surface area (TPSA) is 66.0 Å². The van der Waals surface area contributed by atoms with E-state index in [9.17, 15) is 9.90 Å². The van der Waals surface area contributed by atoms with E-state index in [0.29, 0.717) is 34.3 Å². The molecule has 2 N–H and O–H groups in total. The quantitative estimate of drug-likeness (QED) is 0.910. The summed E-state index contributed by atoms with van der Waals surface area (Å²) >= 11 is 11.9. The van der Waals surface area contributed by atoms with Crippen molar-refractivity contribution >= 4 is 23.2 Å². The first kappa shape index (κ1) is 14.9. The number of halogens is 2. The summed E-state index contributed by atoms with van der Waals surface area (Å²) < 4.78 is 0. The van der Waals surface area contributed by atoms with Crippen LogP contribution in [0.2, 0.25) is 10.0 Å². The molecule has 0 aliphatic carbocycles. The number of benzene rings is 1. The Morgan fingerprint density at radius 3 is 2.70 bits per heavy atom. The van der Waals surface area contributed by atoms with Gasteiger partial charge in [-0.2, -0.15) is 4.98 Å². The zero-order valence-corrected chi connectivity index (χ0v) is 12.4. The molecule has 0 bridgehead atoms. The zero-order chi connectivity index (χ0) is 14.7. The molecular formula is C14H14Cl2N2O2. The van der Waals surface area contributed by atoms with Crippen LogP contribution in [0, 0.1) is 0 Å². The lowest BCUT2D eigenvalue weighted by atomic mass is 10.1. The Morgan fingerprint density at radius 1 is 1.35 bits per heavy atom. The van der Waals surface area contributed by atoms with Gasteiger partial charge in [0.1, 0.15) is 5.82 Å². The number of nitrogens with zero attached hydrogens (tertiary/aromatic N) is 1. The van der Waals surface area contributed by atoms with Crippen LogP contribution in [0.15, 0.2) is 23.0 Å². The molecule has 2 aromatic rings. The van der Waals surface area contributed by atoms with Crippen LogP contribution in [-0.4, -0.2) is 15.1 Å². The maximum absolute atomic E-state index is 11.9. The Hall–Kier alpha value is -1.52. The van der Waals surface area contributed by atoms with E-state index in [2.05, 4.69) is 9.97 Å². The minimum atomic E-state index is -0.306. The van der Waals surface area contributed by atoms with Crippen molar-refractivity contribution in [3.05, 3.63) is 55.5 Å². The van der Waals surface area contributed by atoms with Gasteiger partial charge in [-0.05, 0) is 24.1 Å². The summed E-state index contributed by atoms with van der Waals surface area (Å²) in [4.78, 5) is 18.6. The smallest absolute Gasteiger partial charge is 0.257 e. The summed E-state index contributed by atoms with van der Waals surface area (Å²) in [6.45, 7) is 1.93. The summed E-state index contributed by atoms with van der Waals surface area (Å²) in [7, 11) is 0. The third-order valence-electron chi connectivity index (χ3n) is 2.92. The second-order valence-corrected chi connectivity index (χ2v) is 5.32. The van der Waals surface area contributed by atoms with Crippen molar-refractivity contribution in [2.24, 2.45) is 0 Å². The van der Waals surface area contributed by atoms with E-state index in [1.54, 1.807) is 18.2 Å². The third kappa shape index (κ3) is 3.32. The Kier molecular flexibility index (Phi) is 4.68. The third-order valence-corrected chi connectivity index (χ3v) is 3.50. The normalized spacial score (nSPS) is 10.8. The summed E-state index contributed by atoms with van der Waals surface area (Å²) in [6, 6.07) is 5.11. The van der Waals surface area contributed by atoms with E-state index in [4.69, 9.17) is 23.2 Å². The average molecular weight is 313 g/mol. The Labute approximate surface area is 126 Å². The van der Waals surface area contributed by atoms with Crippen molar-refractivity contribution < 1.29 is 5.11 Å². The van der Waals surface area contributed by atoms with Crippen molar-refractivity contribution in [1.29, 1.82) is 0 Å². The molecule has 2 rings (SSSR count). The highest BCUT2D eigenvalue weighted by Crippen LogP contribution is 2.23. The fourth-order valence-electron chi connectivity index (χ4n) is 1.94. The highest BCUT2D eigenvalue weighted by Gasteiger charge is 2.11. The molecule has 1 aromatic carbocycles. The SMILES string of the molecule is CCCc1c(O)nc(Cc2ccc(Cl)cc2Cl)[nH]c1=O. The number of aromatic amines is 1. The van der Waals surface area contributed by atoms with Crippen molar-refractivity contribution in [2.75, 3.05) is 0 Å². The summed E-state index contributed by atoms with van der Waals surface area (Å²) in [6.07, 6.45) is 1.59. The molecule has 0 atom stereocenters. The minimum Gasteiger partial charge on any atom is -0.493 e. The van der Waals surface area contributed by atoms with Crippen LogP contribution in [0.25, 0.3) is 0 Å². The number of H-pyrrole nitrogens is 1. The van der Waals surface area contributed by atoms with Gasteiger partial charge < -0.3 is 10.1 Å². The highest BCUT2D eigenvalue weighted by molar-refractivity contribution is 6.35. The molecule has 0 spiro atoms. The van der Waals surface area contributed by atoms with Gasteiger partial charge in [-0.25, -0.2) is 0 Å². The minimum absolute atomic E-state index is 0.212. The molecule has 106 valence electrons. The molecule has 0 saturated carbocycles. The first-order valence-corrected chi connectivity index (χ1v) is 7.01. The molecule has 0 amide bonds. The molecule has 1 aromatic heterocycles. The first-order valence-electron chi connectivity index (χ1n) is 6.26. The van der Waals surface area contributed by atoms with Gasteiger partial charge in [0.15, 0.2) is 0 Å². The van der Waals surface area contributed by atoms with Gasteiger partial charge in [0.05, 0.1) is 5.56 Å². The molecule has 0 aliphatic heterocycles. The van der Waals surface area contributed by atoms with Gasteiger partial charge in [0, 0.05) is 16.5 Å².